The van der Waals surface area contributed by atoms with Gasteiger partial charge >= 0.3 is 0 Å². The lowest BCUT2D eigenvalue weighted by atomic mass is 9.95. The molecule has 6 nitrogen and oxygen atoms in total. The fourth-order valence-corrected chi connectivity index (χ4v) is 3.55. The van der Waals surface area contributed by atoms with E-state index in [1.54, 1.807) is 26.0 Å². The van der Waals surface area contributed by atoms with Crippen LogP contribution in [-0.2, 0) is 11.3 Å². The van der Waals surface area contributed by atoms with Gasteiger partial charge in [-0.1, -0.05) is 29.3 Å². The van der Waals surface area contributed by atoms with Gasteiger partial charge in [0.1, 0.15) is 0 Å². The first-order chi connectivity index (χ1) is 12.9. The Morgan fingerprint density at radius 3 is 2.85 bits per heavy atom. The van der Waals surface area contributed by atoms with Crippen LogP contribution in [0.4, 0.5) is 5.69 Å². The molecule has 2 atom stereocenters. The van der Waals surface area contributed by atoms with E-state index in [2.05, 4.69) is 15.3 Å². The van der Waals surface area contributed by atoms with E-state index >= 15 is 0 Å². The molecular formula is C19H20Cl2N4O2. The van der Waals surface area contributed by atoms with Crippen molar-refractivity contribution in [3.63, 3.8) is 0 Å². The van der Waals surface area contributed by atoms with Gasteiger partial charge in [0.05, 0.1) is 41.6 Å². The lowest BCUT2D eigenvalue weighted by Gasteiger charge is -2.26. The molecule has 1 aromatic carbocycles. The van der Waals surface area contributed by atoms with Gasteiger partial charge in [0, 0.05) is 19.0 Å². The molecule has 0 spiro atoms. The molecule has 0 bridgehead atoms. The molecule has 1 fully saturated rings. The molecule has 1 saturated heterocycles. The number of nitrogens with zero attached hydrogens (tertiary/aromatic N) is 3. The van der Waals surface area contributed by atoms with Crippen molar-refractivity contribution in [3.05, 3.63) is 66.8 Å². The van der Waals surface area contributed by atoms with E-state index in [0.29, 0.717) is 41.0 Å². The fraction of sp³-hybridized carbons (Fsp3) is 0.421. The maximum atomic E-state index is 12.7. The minimum atomic E-state index is -0.370. The third-order valence-electron chi connectivity index (χ3n) is 4.81. The summed E-state index contributed by atoms with van der Waals surface area (Å²) >= 11 is 12.2. The average molecular weight is 407 g/mol. The molecule has 0 saturated carbocycles. The van der Waals surface area contributed by atoms with E-state index in [9.17, 15) is 4.79 Å². The van der Waals surface area contributed by atoms with Crippen LogP contribution in [0, 0.1) is 26.3 Å². The summed E-state index contributed by atoms with van der Waals surface area (Å²) in [6.45, 7) is 13.1. The predicted octanol–water partition coefficient (Wildman–Crippen LogP) is 3.70. The second-order valence-corrected chi connectivity index (χ2v) is 7.40. The van der Waals surface area contributed by atoms with E-state index in [0.717, 1.165) is 12.1 Å². The van der Waals surface area contributed by atoms with Crippen LogP contribution in [0.2, 0.25) is 10.0 Å². The minimum absolute atomic E-state index is 0.0596. The van der Waals surface area contributed by atoms with Crippen molar-refractivity contribution < 1.29 is 4.74 Å². The maximum absolute atomic E-state index is 12.7. The largest absolute Gasteiger partial charge is 0.372 e. The van der Waals surface area contributed by atoms with Crippen LogP contribution in [0.25, 0.3) is 4.85 Å². The molecule has 0 amide bonds. The first-order valence-corrected chi connectivity index (χ1v) is 9.41. The van der Waals surface area contributed by atoms with Crippen LogP contribution in [0.15, 0.2) is 23.0 Å². The van der Waals surface area contributed by atoms with E-state index in [1.165, 1.54) is 4.68 Å². The van der Waals surface area contributed by atoms with Crippen LogP contribution >= 0.6 is 23.2 Å². The Morgan fingerprint density at radius 2 is 2.15 bits per heavy atom. The van der Waals surface area contributed by atoms with Crippen molar-refractivity contribution in [1.82, 2.24) is 15.1 Å². The molecule has 0 aliphatic carbocycles. The summed E-state index contributed by atoms with van der Waals surface area (Å²) in [6.07, 6.45) is -0.263. The normalized spacial score (nSPS) is 20.1. The smallest absolute Gasteiger partial charge is 0.273 e. The summed E-state index contributed by atoms with van der Waals surface area (Å²) < 4.78 is 7.43. The van der Waals surface area contributed by atoms with Crippen LogP contribution < -0.4 is 10.9 Å². The lowest BCUT2D eigenvalue weighted by molar-refractivity contribution is 0.0238. The Kier molecular flexibility index (Phi) is 6.18. The SMILES string of the molecule is [C-]#[N+]c1c(C)c(C)nn(C[C@@H]2CNCCO[C@H]2c2ccc(Cl)c(Cl)c2)c1=O. The Bertz CT molecular complexity index is 952. The van der Waals surface area contributed by atoms with Gasteiger partial charge in [-0.15, -0.1) is 0 Å². The highest BCUT2D eigenvalue weighted by Crippen LogP contribution is 2.32. The quantitative estimate of drug-likeness (QED) is 0.789. The van der Waals surface area contributed by atoms with Crippen LogP contribution in [-0.4, -0.2) is 29.5 Å². The van der Waals surface area contributed by atoms with Gasteiger partial charge in [0.2, 0.25) is 0 Å². The Morgan fingerprint density at radius 1 is 1.37 bits per heavy atom. The monoisotopic (exact) mass is 406 g/mol. The van der Waals surface area contributed by atoms with Crippen molar-refractivity contribution in [1.29, 1.82) is 0 Å². The van der Waals surface area contributed by atoms with Gasteiger partial charge in [-0.25, -0.2) is 9.53 Å². The number of benzene rings is 1. The Hall–Kier alpha value is -1.91. The third-order valence-corrected chi connectivity index (χ3v) is 5.55. The fourth-order valence-electron chi connectivity index (χ4n) is 3.24. The molecule has 3 rings (SSSR count). The van der Waals surface area contributed by atoms with Crippen molar-refractivity contribution in [3.8, 4) is 0 Å². The molecule has 142 valence electrons. The zero-order valence-electron chi connectivity index (χ0n) is 15.1. The second kappa shape index (κ2) is 8.41. The van der Waals surface area contributed by atoms with Gasteiger partial charge in [-0.3, -0.25) is 4.79 Å². The average Bonchev–Trinajstić information content (AvgIpc) is 2.88. The molecule has 0 radical (unpaired) electrons. The highest BCUT2D eigenvalue weighted by atomic mass is 35.5. The van der Waals surface area contributed by atoms with Crippen molar-refractivity contribution in [2.45, 2.75) is 26.5 Å². The van der Waals surface area contributed by atoms with Gasteiger partial charge in [0.15, 0.2) is 0 Å². The zero-order valence-corrected chi connectivity index (χ0v) is 16.6. The van der Waals surface area contributed by atoms with E-state index in [-0.39, 0.29) is 23.3 Å². The molecule has 1 aliphatic heterocycles. The van der Waals surface area contributed by atoms with E-state index in [1.807, 2.05) is 6.07 Å². The third kappa shape index (κ3) is 4.17. The van der Waals surface area contributed by atoms with E-state index < -0.39 is 0 Å². The number of rotatable bonds is 3. The summed E-state index contributed by atoms with van der Waals surface area (Å²) in [7, 11) is 0. The van der Waals surface area contributed by atoms with Crippen molar-refractivity contribution in [2.24, 2.45) is 5.92 Å². The van der Waals surface area contributed by atoms with Crippen LogP contribution in [0.1, 0.15) is 22.9 Å². The van der Waals surface area contributed by atoms with Crippen LogP contribution in [0.5, 0.6) is 0 Å². The summed E-state index contributed by atoms with van der Waals surface area (Å²) in [5, 5.41) is 8.67. The van der Waals surface area contributed by atoms with Crippen molar-refractivity contribution in [2.75, 3.05) is 19.7 Å². The molecule has 27 heavy (non-hydrogen) atoms. The lowest BCUT2D eigenvalue weighted by Crippen LogP contribution is -2.34. The molecule has 2 aromatic rings. The summed E-state index contributed by atoms with van der Waals surface area (Å²) in [4.78, 5) is 16.1. The number of ether oxygens (including phenoxy) is 1. The molecule has 8 heteroatoms. The summed E-state index contributed by atoms with van der Waals surface area (Å²) in [5.74, 6) is -0.0596. The highest BCUT2D eigenvalue weighted by Gasteiger charge is 2.28. The molecule has 0 unspecified atom stereocenters. The number of nitrogens with one attached hydrogen (secondary N) is 1. The predicted molar refractivity (Wildman–Crippen MR) is 106 cm³/mol. The van der Waals surface area contributed by atoms with Gasteiger partial charge < -0.3 is 10.1 Å². The number of hydrogen-bond acceptors (Lipinski definition) is 4. The van der Waals surface area contributed by atoms with Gasteiger partial charge in [-0.05, 0) is 37.1 Å². The number of hydrogen-bond donors (Lipinski definition) is 1. The first-order valence-electron chi connectivity index (χ1n) is 8.65. The Balaban J connectivity index is 1.98. The Labute approximate surface area is 167 Å². The molecule has 1 aromatic heterocycles. The first kappa shape index (κ1) is 19.8. The maximum Gasteiger partial charge on any atom is 0.273 e. The van der Waals surface area contributed by atoms with Gasteiger partial charge in [0.25, 0.3) is 11.2 Å². The molecule has 1 aliphatic rings. The number of aromatic nitrogens is 2. The number of halogens is 2. The van der Waals surface area contributed by atoms with Gasteiger partial charge in [-0.2, -0.15) is 5.10 Å². The highest BCUT2D eigenvalue weighted by molar-refractivity contribution is 6.42. The standard InChI is InChI=1S/C19H20Cl2N4O2/c1-11-12(2)24-25(19(26)17(11)22-3)10-14-9-23-6-7-27-18(14)13-4-5-15(20)16(21)8-13/h4-5,8,14,18,23H,6-7,9-10H2,1-2H3/t14-,18-/m0/s1. The molecule has 2 heterocycles. The van der Waals surface area contributed by atoms with Crippen molar-refractivity contribution >= 4 is 28.9 Å². The molecule has 1 N–H and O–H groups in total. The zero-order chi connectivity index (χ0) is 19.6. The summed E-state index contributed by atoms with van der Waals surface area (Å²) in [5.41, 5.74) is 1.96. The topological polar surface area (TPSA) is 60.5 Å². The molecular weight excluding hydrogens is 387 g/mol. The summed E-state index contributed by atoms with van der Waals surface area (Å²) in [6, 6.07) is 5.43. The van der Waals surface area contributed by atoms with Crippen LogP contribution in [0.3, 0.4) is 0 Å². The van der Waals surface area contributed by atoms with E-state index in [4.69, 9.17) is 34.5 Å². The number of aryl methyl sites for hydroxylation is 1. The minimum Gasteiger partial charge on any atom is -0.372 e. The second-order valence-electron chi connectivity index (χ2n) is 6.59.